The molecule has 0 unspecified atom stereocenters. The topological polar surface area (TPSA) is 51.1 Å². The Bertz CT molecular complexity index is 585. The fraction of sp³-hybridized carbons (Fsp3) is 0.0769. The molecule has 0 radical (unpaired) electrons. The molecule has 4 nitrogen and oxygen atoms in total. The molecular weight excluding hydrogens is 252 g/mol. The Kier molecular flexibility index (Phi) is 3.79. The van der Waals surface area contributed by atoms with E-state index in [0.29, 0.717) is 10.7 Å². The molecule has 1 heterocycles. The first-order chi connectivity index (χ1) is 8.63. The Labute approximate surface area is 109 Å². The average Bonchev–Trinajstić information content (AvgIpc) is 2.35. The normalized spacial score (nSPS) is 10.1. The number of nitrogens with zero attached hydrogens (tertiary/aromatic N) is 1. The molecule has 0 atom stereocenters. The number of amides is 1. The summed E-state index contributed by atoms with van der Waals surface area (Å²) in [6, 6.07) is 9.69. The van der Waals surface area contributed by atoms with Crippen LogP contribution < -0.4 is 10.7 Å². The Morgan fingerprint density at radius 3 is 2.33 bits per heavy atom. The highest BCUT2D eigenvalue weighted by atomic mass is 35.5. The van der Waals surface area contributed by atoms with Crippen LogP contribution in [0.1, 0.15) is 0 Å². The number of halogens is 1. The van der Waals surface area contributed by atoms with E-state index in [0.717, 1.165) is 0 Å². The molecule has 1 amide bonds. The molecule has 92 valence electrons. The van der Waals surface area contributed by atoms with Crippen molar-refractivity contribution in [1.82, 2.24) is 4.57 Å². The number of aromatic nitrogens is 1. The van der Waals surface area contributed by atoms with Gasteiger partial charge in [-0.05, 0) is 24.3 Å². The lowest BCUT2D eigenvalue weighted by molar-refractivity contribution is -0.116. The van der Waals surface area contributed by atoms with Crippen molar-refractivity contribution in [3.05, 3.63) is 64.0 Å². The van der Waals surface area contributed by atoms with Crippen molar-refractivity contribution < 1.29 is 4.79 Å². The molecule has 0 aliphatic carbocycles. The number of rotatable bonds is 3. The number of carbonyl (C=O) groups excluding carboxylic acids is 1. The Hall–Kier alpha value is -2.07. The zero-order chi connectivity index (χ0) is 13.0. The first kappa shape index (κ1) is 12.4. The molecule has 1 N–H and O–H groups in total. The van der Waals surface area contributed by atoms with E-state index in [-0.39, 0.29) is 17.9 Å². The average molecular weight is 263 g/mol. The minimum atomic E-state index is -0.166. The van der Waals surface area contributed by atoms with E-state index < -0.39 is 0 Å². The fourth-order valence-electron chi connectivity index (χ4n) is 1.45. The molecule has 2 rings (SSSR count). The van der Waals surface area contributed by atoms with Crippen molar-refractivity contribution in [3.8, 4) is 0 Å². The SMILES string of the molecule is O=C(Cn1ccc(=O)cc1)Nc1ccc(Cl)cc1. The summed E-state index contributed by atoms with van der Waals surface area (Å²) in [5.74, 6) is -0.166. The van der Waals surface area contributed by atoms with Crippen LogP contribution in [-0.2, 0) is 11.3 Å². The Balaban J connectivity index is 1.98. The monoisotopic (exact) mass is 262 g/mol. The number of anilines is 1. The first-order valence-corrected chi connectivity index (χ1v) is 5.73. The number of pyridine rings is 1. The molecule has 0 aliphatic rings. The van der Waals surface area contributed by atoms with Crippen LogP contribution in [0.5, 0.6) is 0 Å². The third-order valence-corrected chi connectivity index (χ3v) is 2.57. The maximum Gasteiger partial charge on any atom is 0.244 e. The minimum Gasteiger partial charge on any atom is -0.345 e. The van der Waals surface area contributed by atoms with Gasteiger partial charge >= 0.3 is 0 Å². The Morgan fingerprint density at radius 1 is 1.11 bits per heavy atom. The van der Waals surface area contributed by atoms with Gasteiger partial charge in [-0.1, -0.05) is 11.6 Å². The molecule has 0 saturated heterocycles. The molecule has 0 spiro atoms. The maximum absolute atomic E-state index is 11.7. The van der Waals surface area contributed by atoms with E-state index >= 15 is 0 Å². The standard InChI is InChI=1S/C13H11ClN2O2/c14-10-1-3-11(4-2-10)15-13(18)9-16-7-5-12(17)6-8-16/h1-8H,9H2,(H,15,18). The van der Waals surface area contributed by atoms with E-state index in [1.54, 1.807) is 41.2 Å². The van der Waals surface area contributed by atoms with Crippen LogP contribution in [0.15, 0.2) is 53.6 Å². The predicted octanol–water partition coefficient (Wildman–Crippen LogP) is 2.14. The molecule has 0 aliphatic heterocycles. The zero-order valence-corrected chi connectivity index (χ0v) is 10.2. The summed E-state index contributed by atoms with van der Waals surface area (Å²) < 4.78 is 1.63. The van der Waals surface area contributed by atoms with E-state index in [1.807, 2.05) is 0 Å². The fourth-order valence-corrected chi connectivity index (χ4v) is 1.57. The highest BCUT2D eigenvalue weighted by Crippen LogP contribution is 2.13. The van der Waals surface area contributed by atoms with Crippen molar-refractivity contribution >= 4 is 23.2 Å². The second-order valence-corrected chi connectivity index (χ2v) is 4.20. The summed E-state index contributed by atoms with van der Waals surface area (Å²) >= 11 is 5.75. The zero-order valence-electron chi connectivity index (χ0n) is 9.47. The third kappa shape index (κ3) is 3.46. The molecule has 18 heavy (non-hydrogen) atoms. The van der Waals surface area contributed by atoms with Gasteiger partial charge in [0.2, 0.25) is 5.91 Å². The molecule has 5 heteroatoms. The van der Waals surface area contributed by atoms with Crippen LogP contribution in [0.2, 0.25) is 5.02 Å². The molecule has 0 bridgehead atoms. The lowest BCUT2D eigenvalue weighted by Gasteiger charge is -2.07. The third-order valence-electron chi connectivity index (χ3n) is 2.31. The van der Waals surface area contributed by atoms with Crippen LogP contribution in [0.4, 0.5) is 5.69 Å². The van der Waals surface area contributed by atoms with E-state index in [9.17, 15) is 9.59 Å². The molecule has 0 saturated carbocycles. The molecule has 1 aromatic heterocycles. The van der Waals surface area contributed by atoms with Gasteiger partial charge in [0, 0.05) is 35.2 Å². The van der Waals surface area contributed by atoms with Crippen LogP contribution >= 0.6 is 11.6 Å². The van der Waals surface area contributed by atoms with Gasteiger partial charge in [0.05, 0.1) is 0 Å². The molecule has 1 aromatic carbocycles. The number of nitrogens with one attached hydrogen (secondary N) is 1. The van der Waals surface area contributed by atoms with Crippen LogP contribution in [0, 0.1) is 0 Å². The summed E-state index contributed by atoms with van der Waals surface area (Å²) in [6.07, 6.45) is 3.15. The van der Waals surface area contributed by atoms with Gasteiger partial charge in [0.15, 0.2) is 5.43 Å². The van der Waals surface area contributed by atoms with Gasteiger partial charge in [-0.25, -0.2) is 0 Å². The van der Waals surface area contributed by atoms with Gasteiger partial charge in [0.1, 0.15) is 6.54 Å². The van der Waals surface area contributed by atoms with Crippen molar-refractivity contribution in [2.24, 2.45) is 0 Å². The van der Waals surface area contributed by atoms with Gasteiger partial charge in [0.25, 0.3) is 0 Å². The van der Waals surface area contributed by atoms with Crippen LogP contribution in [0.3, 0.4) is 0 Å². The number of hydrogen-bond donors (Lipinski definition) is 1. The highest BCUT2D eigenvalue weighted by Gasteiger charge is 2.02. The molecular formula is C13H11ClN2O2. The minimum absolute atomic E-state index is 0.0793. The second kappa shape index (κ2) is 5.51. The van der Waals surface area contributed by atoms with Crippen molar-refractivity contribution in [2.75, 3.05) is 5.32 Å². The first-order valence-electron chi connectivity index (χ1n) is 5.35. The van der Waals surface area contributed by atoms with Gasteiger partial charge in [-0.2, -0.15) is 0 Å². The van der Waals surface area contributed by atoms with Gasteiger partial charge in [-0.15, -0.1) is 0 Å². The Morgan fingerprint density at radius 2 is 1.72 bits per heavy atom. The summed E-state index contributed by atoms with van der Waals surface area (Å²) in [6.45, 7) is 0.156. The van der Waals surface area contributed by atoms with Crippen molar-refractivity contribution in [1.29, 1.82) is 0 Å². The van der Waals surface area contributed by atoms with Crippen LogP contribution in [-0.4, -0.2) is 10.5 Å². The summed E-state index contributed by atoms with van der Waals surface area (Å²) in [5.41, 5.74) is 0.606. The van der Waals surface area contributed by atoms with Crippen molar-refractivity contribution in [2.45, 2.75) is 6.54 Å². The lowest BCUT2D eigenvalue weighted by atomic mass is 10.3. The molecule has 0 fully saturated rings. The van der Waals surface area contributed by atoms with Crippen LogP contribution in [0.25, 0.3) is 0 Å². The number of benzene rings is 1. The largest absolute Gasteiger partial charge is 0.345 e. The lowest BCUT2D eigenvalue weighted by Crippen LogP contribution is -2.19. The van der Waals surface area contributed by atoms with E-state index in [1.165, 1.54) is 12.1 Å². The van der Waals surface area contributed by atoms with Crippen molar-refractivity contribution in [3.63, 3.8) is 0 Å². The maximum atomic E-state index is 11.7. The van der Waals surface area contributed by atoms with Gasteiger partial charge in [-0.3, -0.25) is 9.59 Å². The molecule has 2 aromatic rings. The summed E-state index contributed by atoms with van der Waals surface area (Å²) in [5, 5.41) is 3.35. The van der Waals surface area contributed by atoms with Gasteiger partial charge < -0.3 is 9.88 Å². The summed E-state index contributed by atoms with van der Waals surface area (Å²) in [7, 11) is 0. The summed E-state index contributed by atoms with van der Waals surface area (Å²) in [4.78, 5) is 22.6. The van der Waals surface area contributed by atoms with E-state index in [2.05, 4.69) is 5.32 Å². The highest BCUT2D eigenvalue weighted by molar-refractivity contribution is 6.30. The number of hydrogen-bond acceptors (Lipinski definition) is 2. The van der Waals surface area contributed by atoms with E-state index in [4.69, 9.17) is 11.6 Å². The second-order valence-electron chi connectivity index (χ2n) is 3.76. The smallest absolute Gasteiger partial charge is 0.244 e. The number of carbonyl (C=O) groups is 1. The quantitative estimate of drug-likeness (QED) is 0.921. The predicted molar refractivity (Wildman–Crippen MR) is 70.8 cm³/mol.